The van der Waals surface area contributed by atoms with Gasteiger partial charge >= 0.3 is 0 Å². The second-order valence-corrected chi connectivity index (χ2v) is 4.30. The number of hydrogen-bond donors (Lipinski definition) is 0. The fraction of sp³-hybridized carbons (Fsp3) is 0. The average molecular weight is 246 g/mol. The molecule has 0 radical (unpaired) electrons. The van der Waals surface area contributed by atoms with Gasteiger partial charge in [0.25, 0.3) is 0 Å². The van der Waals surface area contributed by atoms with Gasteiger partial charge in [-0.3, -0.25) is 9.38 Å². The van der Waals surface area contributed by atoms with Crippen LogP contribution in [0.3, 0.4) is 0 Å². The van der Waals surface area contributed by atoms with Crippen molar-refractivity contribution in [3.05, 3.63) is 61.1 Å². The van der Waals surface area contributed by atoms with Crippen molar-refractivity contribution in [1.29, 1.82) is 0 Å². The summed E-state index contributed by atoms with van der Waals surface area (Å²) in [5.74, 6) is 0.718. The number of benzene rings is 1. The summed E-state index contributed by atoms with van der Waals surface area (Å²) in [6, 6.07) is 14.0. The Balaban J connectivity index is 2.17. The Labute approximate surface area is 109 Å². The first kappa shape index (κ1) is 10.2. The molecule has 4 rings (SSSR count). The van der Waals surface area contributed by atoms with Gasteiger partial charge in [0.05, 0.1) is 16.7 Å². The van der Waals surface area contributed by atoms with Crippen molar-refractivity contribution in [1.82, 2.24) is 19.4 Å². The third kappa shape index (κ3) is 1.50. The number of fused-ring (bicyclic) bond motifs is 3. The lowest BCUT2D eigenvalue weighted by molar-refractivity contribution is 1.14. The molecule has 19 heavy (non-hydrogen) atoms. The molecule has 0 aliphatic carbocycles. The van der Waals surface area contributed by atoms with E-state index < -0.39 is 0 Å². The van der Waals surface area contributed by atoms with Crippen LogP contribution in [0.1, 0.15) is 0 Å². The van der Waals surface area contributed by atoms with Gasteiger partial charge in [0.1, 0.15) is 0 Å². The van der Waals surface area contributed by atoms with Crippen molar-refractivity contribution in [2.75, 3.05) is 0 Å². The molecule has 90 valence electrons. The van der Waals surface area contributed by atoms with E-state index in [4.69, 9.17) is 0 Å². The lowest BCUT2D eigenvalue weighted by atomic mass is 10.2. The Bertz CT molecular complexity index is 865. The summed E-state index contributed by atoms with van der Waals surface area (Å²) in [4.78, 5) is 12.9. The maximum atomic E-state index is 4.54. The van der Waals surface area contributed by atoms with Crippen molar-refractivity contribution in [3.63, 3.8) is 0 Å². The minimum Gasteiger partial charge on any atom is -0.276 e. The van der Waals surface area contributed by atoms with Crippen LogP contribution in [0.5, 0.6) is 0 Å². The fourth-order valence-electron chi connectivity index (χ4n) is 2.33. The number of aromatic nitrogens is 4. The van der Waals surface area contributed by atoms with E-state index in [0.717, 1.165) is 28.1 Å². The number of para-hydroxylation sites is 2. The standard InChI is InChI=1S/C15H10N4/c1-2-4-14-12(3-1)18-15-17-10-7-13(19(14)15)11-5-8-16-9-6-11/h1-10H. The van der Waals surface area contributed by atoms with Gasteiger partial charge in [0.15, 0.2) is 0 Å². The van der Waals surface area contributed by atoms with E-state index in [9.17, 15) is 0 Å². The molecule has 0 fully saturated rings. The largest absolute Gasteiger partial charge is 0.276 e. The third-order valence-corrected chi connectivity index (χ3v) is 3.18. The van der Waals surface area contributed by atoms with Gasteiger partial charge in [-0.15, -0.1) is 0 Å². The first-order valence-electron chi connectivity index (χ1n) is 6.06. The number of pyridine rings is 1. The van der Waals surface area contributed by atoms with Crippen molar-refractivity contribution in [2.45, 2.75) is 0 Å². The van der Waals surface area contributed by atoms with E-state index in [-0.39, 0.29) is 0 Å². The summed E-state index contributed by atoms with van der Waals surface area (Å²) in [5, 5.41) is 0. The zero-order chi connectivity index (χ0) is 12.7. The van der Waals surface area contributed by atoms with E-state index in [0.29, 0.717) is 0 Å². The first-order valence-corrected chi connectivity index (χ1v) is 6.06. The molecular weight excluding hydrogens is 236 g/mol. The lowest BCUT2D eigenvalue weighted by Crippen LogP contribution is -1.93. The van der Waals surface area contributed by atoms with Crippen LogP contribution in [0.4, 0.5) is 0 Å². The lowest BCUT2D eigenvalue weighted by Gasteiger charge is -2.05. The van der Waals surface area contributed by atoms with E-state index in [2.05, 4.69) is 25.4 Å². The maximum Gasteiger partial charge on any atom is 0.235 e. The summed E-state index contributed by atoms with van der Waals surface area (Å²) in [6.07, 6.45) is 5.37. The molecule has 1 aromatic carbocycles. The fourth-order valence-corrected chi connectivity index (χ4v) is 2.33. The molecule has 4 nitrogen and oxygen atoms in total. The van der Waals surface area contributed by atoms with Crippen LogP contribution in [0, 0.1) is 0 Å². The SMILES string of the molecule is c1ccc2c(c1)nc1nccc(-c3ccncc3)n12. The molecule has 0 N–H and O–H groups in total. The molecule has 3 heterocycles. The highest BCUT2D eigenvalue weighted by Gasteiger charge is 2.09. The Kier molecular flexibility index (Phi) is 2.08. The zero-order valence-corrected chi connectivity index (χ0v) is 10.1. The molecule has 0 amide bonds. The quantitative estimate of drug-likeness (QED) is 0.518. The topological polar surface area (TPSA) is 43.1 Å². The van der Waals surface area contributed by atoms with Gasteiger partial charge in [-0.05, 0) is 30.3 Å². The molecule has 0 unspecified atom stereocenters. The summed E-state index contributed by atoms with van der Waals surface area (Å²) < 4.78 is 2.07. The number of rotatable bonds is 1. The van der Waals surface area contributed by atoms with Crippen LogP contribution in [-0.4, -0.2) is 19.4 Å². The van der Waals surface area contributed by atoms with Crippen LogP contribution < -0.4 is 0 Å². The summed E-state index contributed by atoms with van der Waals surface area (Å²) in [7, 11) is 0. The molecule has 4 aromatic rings. The number of imidazole rings is 1. The van der Waals surface area contributed by atoms with Crippen LogP contribution in [0.15, 0.2) is 61.1 Å². The molecule has 0 aliphatic heterocycles. The summed E-state index contributed by atoms with van der Waals surface area (Å²) in [5.41, 5.74) is 4.19. The van der Waals surface area contributed by atoms with Gasteiger partial charge in [0.2, 0.25) is 5.78 Å². The van der Waals surface area contributed by atoms with E-state index in [1.165, 1.54) is 0 Å². The molecule has 3 aromatic heterocycles. The second kappa shape index (κ2) is 3.88. The monoisotopic (exact) mass is 246 g/mol. The predicted octanol–water partition coefficient (Wildman–Crippen LogP) is 2.94. The van der Waals surface area contributed by atoms with Crippen LogP contribution in [0.25, 0.3) is 28.1 Å². The van der Waals surface area contributed by atoms with Crippen molar-refractivity contribution < 1.29 is 0 Å². The maximum absolute atomic E-state index is 4.54. The van der Waals surface area contributed by atoms with Crippen LogP contribution in [0.2, 0.25) is 0 Å². The number of nitrogens with zero attached hydrogens (tertiary/aromatic N) is 4. The number of hydrogen-bond acceptors (Lipinski definition) is 3. The van der Waals surface area contributed by atoms with Crippen LogP contribution in [-0.2, 0) is 0 Å². The average Bonchev–Trinajstić information content (AvgIpc) is 2.86. The highest BCUT2D eigenvalue weighted by Crippen LogP contribution is 2.23. The highest BCUT2D eigenvalue weighted by molar-refractivity contribution is 5.82. The smallest absolute Gasteiger partial charge is 0.235 e. The third-order valence-electron chi connectivity index (χ3n) is 3.18. The Hall–Kier alpha value is -2.75. The molecule has 0 spiro atoms. The summed E-state index contributed by atoms with van der Waals surface area (Å²) in [6.45, 7) is 0. The van der Waals surface area contributed by atoms with Crippen molar-refractivity contribution >= 4 is 16.8 Å². The van der Waals surface area contributed by atoms with E-state index in [1.807, 2.05) is 36.4 Å². The van der Waals surface area contributed by atoms with Crippen molar-refractivity contribution in [2.24, 2.45) is 0 Å². The highest BCUT2D eigenvalue weighted by atomic mass is 15.1. The Morgan fingerprint density at radius 1 is 0.842 bits per heavy atom. The van der Waals surface area contributed by atoms with Gasteiger partial charge in [-0.25, -0.2) is 9.97 Å². The van der Waals surface area contributed by atoms with E-state index >= 15 is 0 Å². The molecule has 0 bridgehead atoms. The molecule has 0 saturated heterocycles. The second-order valence-electron chi connectivity index (χ2n) is 4.30. The van der Waals surface area contributed by atoms with Gasteiger partial charge in [-0.2, -0.15) is 0 Å². The Morgan fingerprint density at radius 2 is 1.68 bits per heavy atom. The van der Waals surface area contributed by atoms with Gasteiger partial charge in [0, 0.05) is 24.2 Å². The zero-order valence-electron chi connectivity index (χ0n) is 10.1. The minimum absolute atomic E-state index is 0.718. The first-order chi connectivity index (χ1) is 9.43. The molecule has 0 saturated carbocycles. The van der Waals surface area contributed by atoms with E-state index in [1.54, 1.807) is 18.6 Å². The molecular formula is C15H10N4. The van der Waals surface area contributed by atoms with Gasteiger partial charge in [-0.1, -0.05) is 12.1 Å². The Morgan fingerprint density at radius 3 is 2.58 bits per heavy atom. The minimum atomic E-state index is 0.718. The molecule has 0 atom stereocenters. The molecule has 4 heteroatoms. The molecule has 0 aliphatic rings. The van der Waals surface area contributed by atoms with Crippen molar-refractivity contribution in [3.8, 4) is 11.3 Å². The predicted molar refractivity (Wildman–Crippen MR) is 73.7 cm³/mol. The summed E-state index contributed by atoms with van der Waals surface area (Å²) >= 11 is 0. The van der Waals surface area contributed by atoms with Crippen LogP contribution >= 0.6 is 0 Å². The van der Waals surface area contributed by atoms with Gasteiger partial charge < -0.3 is 0 Å². The normalized spacial score (nSPS) is 11.2.